The van der Waals surface area contributed by atoms with E-state index in [1.165, 1.54) is 0 Å². The number of allylic oxidation sites excluding steroid dienone is 1. The zero-order chi connectivity index (χ0) is 44.8. The van der Waals surface area contributed by atoms with E-state index in [4.69, 9.17) is 43.0 Å². The number of benzene rings is 1. The average molecular weight is 870 g/mol. The number of aldehydes is 1. The number of hydrogen-bond donors (Lipinski definition) is 6. The van der Waals surface area contributed by atoms with Crippen molar-refractivity contribution in [2.45, 2.75) is 52.3 Å². The third kappa shape index (κ3) is 31.2. The molecule has 0 spiro atoms. The minimum Gasteiger partial charge on any atom is -0.392 e. The maximum Gasteiger partial charge on any atom is 0.246 e. The topological polar surface area (TPSA) is 257 Å². The molecule has 0 unspecified atom stereocenters. The Bertz CT molecular complexity index is 1380. The molecular formula is C41H67N5O15. The first-order valence-electron chi connectivity index (χ1n) is 20.5. The van der Waals surface area contributed by atoms with E-state index < -0.39 is 29.8 Å². The van der Waals surface area contributed by atoms with Gasteiger partial charge in [-0.15, -0.1) is 0 Å². The second-order valence-corrected chi connectivity index (χ2v) is 13.4. The SMILES string of the molecule is CC(C)[C@H](NC(=O)CCOCCOCCOCCOCCOCCOCCOCCOCCNC(=O)CCNC(=O)/C=C\C=O)C(=O)N[C@@H](C)C(=O)Nc1ccc(CO)cc1. The van der Waals surface area contributed by atoms with E-state index in [-0.39, 0.29) is 56.9 Å². The van der Waals surface area contributed by atoms with Gasteiger partial charge in [0, 0.05) is 37.7 Å². The average Bonchev–Trinajstić information content (AvgIpc) is 3.24. The van der Waals surface area contributed by atoms with Crippen LogP contribution in [0.2, 0.25) is 0 Å². The minimum atomic E-state index is -0.848. The predicted molar refractivity (Wildman–Crippen MR) is 222 cm³/mol. The van der Waals surface area contributed by atoms with E-state index in [0.717, 1.165) is 12.2 Å². The number of anilines is 1. The van der Waals surface area contributed by atoms with Crippen molar-refractivity contribution in [2.75, 3.05) is 124 Å². The molecule has 5 amide bonds. The summed E-state index contributed by atoms with van der Waals surface area (Å²) in [6.07, 6.45) is 2.84. The standard InChI is InChI=1S/C41H67N5O15/c1-32(2)39(41(53)44-33(3)40(52)45-35-8-6-34(31-48)7-9-35)46-38(51)11-15-54-17-19-56-21-23-58-25-27-60-29-30-61-28-26-59-24-22-57-20-18-55-16-13-43-37(50)10-12-42-36(49)5-4-14-47/h4-9,14,32-33,39,48H,10-13,15-31H2,1-3H3,(H,42,49)(H,43,50)(H,44,53)(H,45,52)(H,46,51)/b5-4-/t33-,39-/m0/s1. The number of rotatable bonds is 39. The molecular weight excluding hydrogens is 802 g/mol. The lowest BCUT2D eigenvalue weighted by molar-refractivity contribution is -0.132. The fourth-order valence-corrected chi connectivity index (χ4v) is 4.74. The van der Waals surface area contributed by atoms with E-state index in [9.17, 15) is 28.8 Å². The van der Waals surface area contributed by atoms with E-state index in [1.807, 2.05) is 0 Å². The quantitative estimate of drug-likeness (QED) is 0.0281. The smallest absolute Gasteiger partial charge is 0.246 e. The van der Waals surface area contributed by atoms with Crippen molar-refractivity contribution in [3.05, 3.63) is 42.0 Å². The van der Waals surface area contributed by atoms with Crippen molar-refractivity contribution in [2.24, 2.45) is 5.92 Å². The summed E-state index contributed by atoms with van der Waals surface area (Å²) in [5.74, 6) is -2.11. The highest BCUT2D eigenvalue weighted by Crippen LogP contribution is 2.10. The Morgan fingerprint density at radius 2 is 1.05 bits per heavy atom. The molecule has 0 aliphatic carbocycles. The van der Waals surface area contributed by atoms with Crippen LogP contribution in [-0.4, -0.2) is 172 Å². The van der Waals surface area contributed by atoms with Gasteiger partial charge in [-0.25, -0.2) is 0 Å². The van der Waals surface area contributed by atoms with Crippen LogP contribution in [0.25, 0.3) is 0 Å². The van der Waals surface area contributed by atoms with E-state index in [2.05, 4.69) is 26.6 Å². The normalized spacial score (nSPS) is 12.2. The van der Waals surface area contributed by atoms with Gasteiger partial charge in [-0.3, -0.25) is 28.8 Å². The lowest BCUT2D eigenvalue weighted by Gasteiger charge is -2.24. The first-order valence-corrected chi connectivity index (χ1v) is 20.5. The fraction of sp³-hybridized carbons (Fsp3) is 0.659. The van der Waals surface area contributed by atoms with Crippen LogP contribution in [0.3, 0.4) is 0 Å². The Balaban J connectivity index is 1.87. The number of amides is 5. The summed E-state index contributed by atoms with van der Waals surface area (Å²) >= 11 is 0. The second-order valence-electron chi connectivity index (χ2n) is 13.4. The van der Waals surface area contributed by atoms with Gasteiger partial charge in [0.25, 0.3) is 0 Å². The van der Waals surface area contributed by atoms with Crippen LogP contribution in [0.5, 0.6) is 0 Å². The molecule has 0 aliphatic heterocycles. The molecule has 1 aromatic rings. The number of hydrogen-bond acceptors (Lipinski definition) is 15. The number of carbonyl (C=O) groups excluding carboxylic acids is 6. The minimum absolute atomic E-state index is 0.0537. The molecule has 0 aliphatic rings. The molecule has 0 heterocycles. The van der Waals surface area contributed by atoms with Crippen LogP contribution in [0, 0.1) is 5.92 Å². The number of nitrogens with one attached hydrogen (secondary N) is 5. The van der Waals surface area contributed by atoms with Crippen LogP contribution < -0.4 is 26.6 Å². The Kier molecular flexibility index (Phi) is 33.5. The Hall–Kier alpha value is -4.38. The highest BCUT2D eigenvalue weighted by atomic mass is 16.6. The van der Waals surface area contributed by atoms with Crippen LogP contribution in [0.15, 0.2) is 36.4 Å². The van der Waals surface area contributed by atoms with Crippen LogP contribution in [-0.2, 0) is 73.3 Å². The summed E-state index contributed by atoms with van der Waals surface area (Å²) in [6, 6.07) is 5.01. The highest BCUT2D eigenvalue weighted by molar-refractivity contribution is 5.98. The lowest BCUT2D eigenvalue weighted by Crippen LogP contribution is -2.53. The van der Waals surface area contributed by atoms with Gasteiger partial charge >= 0.3 is 0 Å². The van der Waals surface area contributed by atoms with E-state index >= 15 is 0 Å². The molecule has 2 atom stereocenters. The van der Waals surface area contributed by atoms with Crippen molar-refractivity contribution in [1.29, 1.82) is 0 Å². The third-order valence-corrected chi connectivity index (χ3v) is 8.05. The summed E-state index contributed by atoms with van der Waals surface area (Å²) in [5.41, 5.74) is 1.24. The van der Waals surface area contributed by atoms with E-state index in [1.54, 1.807) is 45.0 Å². The number of aliphatic hydroxyl groups is 1. The molecule has 0 bridgehead atoms. The van der Waals surface area contributed by atoms with Gasteiger partial charge in [0.2, 0.25) is 29.5 Å². The van der Waals surface area contributed by atoms with Crippen LogP contribution in [0.1, 0.15) is 39.2 Å². The fourth-order valence-electron chi connectivity index (χ4n) is 4.74. The zero-order valence-corrected chi connectivity index (χ0v) is 35.8. The summed E-state index contributed by atoms with van der Waals surface area (Å²) < 4.78 is 43.6. The monoisotopic (exact) mass is 869 g/mol. The van der Waals surface area contributed by atoms with Crippen molar-refractivity contribution < 1.29 is 71.8 Å². The third-order valence-electron chi connectivity index (χ3n) is 8.05. The first kappa shape index (κ1) is 54.6. The van der Waals surface area contributed by atoms with Gasteiger partial charge in [-0.2, -0.15) is 0 Å². The lowest BCUT2D eigenvalue weighted by atomic mass is 10.0. The van der Waals surface area contributed by atoms with Gasteiger partial charge in [0.15, 0.2) is 0 Å². The first-order chi connectivity index (χ1) is 29.6. The van der Waals surface area contributed by atoms with Crippen molar-refractivity contribution in [3.63, 3.8) is 0 Å². The zero-order valence-electron chi connectivity index (χ0n) is 35.8. The van der Waals surface area contributed by atoms with Gasteiger partial charge < -0.3 is 69.6 Å². The van der Waals surface area contributed by atoms with Gasteiger partial charge in [-0.05, 0) is 36.6 Å². The molecule has 20 heteroatoms. The molecule has 61 heavy (non-hydrogen) atoms. The summed E-state index contributed by atoms with van der Waals surface area (Å²) in [5, 5.41) is 22.4. The summed E-state index contributed by atoms with van der Waals surface area (Å²) in [4.78, 5) is 71.1. The molecule has 6 N–H and O–H groups in total. The number of ether oxygens (including phenoxy) is 8. The molecule has 1 aromatic carbocycles. The highest BCUT2D eigenvalue weighted by Gasteiger charge is 2.27. The van der Waals surface area contributed by atoms with Crippen molar-refractivity contribution in [1.82, 2.24) is 21.3 Å². The van der Waals surface area contributed by atoms with Crippen LogP contribution >= 0.6 is 0 Å². The van der Waals surface area contributed by atoms with Crippen molar-refractivity contribution in [3.8, 4) is 0 Å². The number of aliphatic hydroxyl groups excluding tert-OH is 1. The molecule has 346 valence electrons. The molecule has 20 nitrogen and oxygen atoms in total. The maximum atomic E-state index is 12.9. The predicted octanol–water partition coefficient (Wildman–Crippen LogP) is -0.337. The molecule has 0 saturated heterocycles. The summed E-state index contributed by atoms with van der Waals surface area (Å²) in [7, 11) is 0. The Morgan fingerprint density at radius 1 is 0.574 bits per heavy atom. The molecule has 1 rings (SSSR count). The van der Waals surface area contributed by atoms with Gasteiger partial charge in [0.1, 0.15) is 18.4 Å². The second kappa shape index (κ2) is 37.4. The molecule has 0 saturated carbocycles. The molecule has 0 radical (unpaired) electrons. The Labute approximate surface area is 358 Å². The van der Waals surface area contributed by atoms with E-state index in [0.29, 0.717) is 117 Å². The number of carbonyl (C=O) groups is 6. The molecule has 0 fully saturated rings. The van der Waals surface area contributed by atoms with Crippen LogP contribution in [0.4, 0.5) is 5.69 Å². The summed E-state index contributed by atoms with van der Waals surface area (Å²) in [6.45, 7) is 11.6. The van der Waals surface area contributed by atoms with Gasteiger partial charge in [-0.1, -0.05) is 26.0 Å². The molecule has 0 aromatic heterocycles. The van der Waals surface area contributed by atoms with Gasteiger partial charge in [0.05, 0.1) is 112 Å². The van der Waals surface area contributed by atoms with Crippen molar-refractivity contribution >= 4 is 41.5 Å². The maximum absolute atomic E-state index is 12.9. The Morgan fingerprint density at radius 3 is 1.51 bits per heavy atom. The largest absolute Gasteiger partial charge is 0.392 e.